The molecule has 0 atom stereocenters. The molecular weight excluding hydrogens is 418 g/mol. The van der Waals surface area contributed by atoms with Gasteiger partial charge in [0.2, 0.25) is 0 Å². The molecule has 0 saturated heterocycles. The van der Waals surface area contributed by atoms with Crippen LogP contribution in [0.5, 0.6) is 0 Å². The lowest BCUT2D eigenvalue weighted by Crippen LogP contribution is -2.24. The fourth-order valence-corrected chi connectivity index (χ4v) is 5.65. The molecule has 8 nitrogen and oxygen atoms in total. The van der Waals surface area contributed by atoms with Gasteiger partial charge in [-0.15, -0.1) is 22.7 Å². The minimum atomic E-state index is -0.121. The Bertz CT molecular complexity index is 1590. The van der Waals surface area contributed by atoms with Gasteiger partial charge in [0.25, 0.3) is 5.56 Å². The van der Waals surface area contributed by atoms with Gasteiger partial charge in [0, 0.05) is 35.3 Å². The summed E-state index contributed by atoms with van der Waals surface area (Å²) in [4.78, 5) is 23.4. The number of benzene rings is 1. The van der Waals surface area contributed by atoms with E-state index < -0.39 is 0 Å². The van der Waals surface area contributed by atoms with Crippen molar-refractivity contribution in [2.45, 2.75) is 13.0 Å². The van der Waals surface area contributed by atoms with Gasteiger partial charge < -0.3 is 4.57 Å². The lowest BCUT2D eigenvalue weighted by atomic mass is 10.1. The molecule has 5 heterocycles. The molecule has 0 aliphatic carbocycles. The third kappa shape index (κ3) is 2.61. The summed E-state index contributed by atoms with van der Waals surface area (Å²) in [6.45, 7) is 0.383. The number of H-pyrrole nitrogens is 1. The number of nitrogens with one attached hydrogen (secondary N) is 1. The molecule has 0 aliphatic heterocycles. The van der Waals surface area contributed by atoms with Gasteiger partial charge >= 0.3 is 0 Å². The van der Waals surface area contributed by atoms with Crippen molar-refractivity contribution in [1.29, 1.82) is 0 Å². The van der Waals surface area contributed by atoms with E-state index in [0.717, 1.165) is 43.6 Å². The van der Waals surface area contributed by atoms with E-state index in [4.69, 9.17) is 4.98 Å². The van der Waals surface area contributed by atoms with Gasteiger partial charge in [0.1, 0.15) is 10.5 Å². The molecule has 0 saturated carbocycles. The second kappa shape index (κ2) is 6.57. The van der Waals surface area contributed by atoms with Gasteiger partial charge in [-0.25, -0.2) is 9.67 Å². The van der Waals surface area contributed by atoms with E-state index in [1.807, 2.05) is 41.5 Å². The Kier molecular flexibility index (Phi) is 3.83. The Hall–Kier alpha value is -3.37. The lowest BCUT2D eigenvalue weighted by molar-refractivity contribution is 0.647. The highest BCUT2D eigenvalue weighted by Crippen LogP contribution is 2.32. The van der Waals surface area contributed by atoms with Crippen LogP contribution in [-0.2, 0) is 20.0 Å². The largest absolute Gasteiger partial charge is 0.323 e. The molecule has 0 unspecified atom stereocenters. The zero-order chi connectivity index (χ0) is 20.2. The van der Waals surface area contributed by atoms with Crippen molar-refractivity contribution in [2.75, 3.05) is 0 Å². The summed E-state index contributed by atoms with van der Waals surface area (Å²) in [6.07, 6.45) is 6.19. The van der Waals surface area contributed by atoms with E-state index in [1.165, 1.54) is 9.56 Å². The normalized spacial score (nSPS) is 11.9. The Morgan fingerprint density at radius 3 is 2.97 bits per heavy atom. The van der Waals surface area contributed by atoms with Gasteiger partial charge in [-0.3, -0.25) is 14.9 Å². The first-order chi connectivity index (χ1) is 14.7. The fourth-order valence-electron chi connectivity index (χ4n) is 3.83. The highest BCUT2D eigenvalue weighted by atomic mass is 32.1. The van der Waals surface area contributed by atoms with Crippen molar-refractivity contribution in [3.8, 4) is 0 Å². The number of aryl methyl sites for hydroxylation is 1. The van der Waals surface area contributed by atoms with Crippen LogP contribution >= 0.6 is 22.7 Å². The highest BCUT2D eigenvalue weighted by molar-refractivity contribution is 7.19. The number of fused-ring (bicyclic) bond motifs is 4. The SMILES string of the molecule is Cn1c2nc(Cc3cncs3)sc2c2cnn(Cc3cccc4[nH]ncc34)c(=O)c21. The average molecular weight is 434 g/mol. The topological polar surface area (TPSA) is 94.3 Å². The van der Waals surface area contributed by atoms with E-state index in [2.05, 4.69) is 20.3 Å². The summed E-state index contributed by atoms with van der Waals surface area (Å²) >= 11 is 3.23. The summed E-state index contributed by atoms with van der Waals surface area (Å²) in [6, 6.07) is 5.91. The monoisotopic (exact) mass is 433 g/mol. The molecule has 0 spiro atoms. The molecule has 6 rings (SSSR count). The molecule has 1 aromatic carbocycles. The first kappa shape index (κ1) is 17.5. The van der Waals surface area contributed by atoms with Crippen LogP contribution in [0.15, 0.2) is 47.1 Å². The zero-order valence-corrected chi connectivity index (χ0v) is 17.5. The molecular formula is C20H15N7OS2. The Morgan fingerprint density at radius 2 is 2.10 bits per heavy atom. The molecule has 10 heteroatoms. The zero-order valence-electron chi connectivity index (χ0n) is 15.9. The van der Waals surface area contributed by atoms with Gasteiger partial charge in [-0.2, -0.15) is 10.2 Å². The van der Waals surface area contributed by atoms with Crippen LogP contribution in [0.4, 0.5) is 0 Å². The third-order valence-corrected chi connectivity index (χ3v) is 7.13. The maximum Gasteiger partial charge on any atom is 0.291 e. The van der Waals surface area contributed by atoms with Crippen LogP contribution in [0.2, 0.25) is 0 Å². The van der Waals surface area contributed by atoms with E-state index in [0.29, 0.717) is 12.1 Å². The van der Waals surface area contributed by atoms with E-state index in [1.54, 1.807) is 35.1 Å². The van der Waals surface area contributed by atoms with E-state index in [9.17, 15) is 4.79 Å². The van der Waals surface area contributed by atoms with Crippen molar-refractivity contribution in [3.05, 3.63) is 68.1 Å². The Balaban J connectivity index is 1.45. The van der Waals surface area contributed by atoms with Crippen LogP contribution in [0.25, 0.3) is 32.2 Å². The van der Waals surface area contributed by atoms with Crippen molar-refractivity contribution >= 4 is 54.8 Å². The summed E-state index contributed by atoms with van der Waals surface area (Å²) in [5.74, 6) is 0. The van der Waals surface area contributed by atoms with Gasteiger partial charge in [0.15, 0.2) is 5.65 Å². The smallest absolute Gasteiger partial charge is 0.291 e. The quantitative estimate of drug-likeness (QED) is 0.460. The summed E-state index contributed by atoms with van der Waals surface area (Å²) in [5, 5.41) is 14.4. The Morgan fingerprint density at radius 1 is 1.17 bits per heavy atom. The molecule has 6 aromatic rings. The number of thiazole rings is 2. The number of hydrogen-bond donors (Lipinski definition) is 1. The second-order valence-electron chi connectivity index (χ2n) is 7.08. The first-order valence-corrected chi connectivity index (χ1v) is 11.0. The third-order valence-electron chi connectivity index (χ3n) is 5.27. The molecule has 0 bridgehead atoms. The number of rotatable bonds is 4. The summed E-state index contributed by atoms with van der Waals surface area (Å²) in [5.41, 5.74) is 5.10. The molecule has 5 aromatic heterocycles. The molecule has 148 valence electrons. The van der Waals surface area contributed by atoms with Gasteiger partial charge in [-0.05, 0) is 11.6 Å². The molecule has 0 aliphatic rings. The number of aromatic nitrogens is 7. The fraction of sp³-hybridized carbons (Fsp3) is 0.150. The van der Waals surface area contributed by atoms with Crippen LogP contribution in [-0.4, -0.2) is 34.5 Å². The van der Waals surface area contributed by atoms with Crippen LogP contribution in [0.3, 0.4) is 0 Å². The number of nitrogens with zero attached hydrogens (tertiary/aromatic N) is 6. The molecule has 0 amide bonds. The van der Waals surface area contributed by atoms with Crippen molar-refractivity contribution in [2.24, 2.45) is 7.05 Å². The maximum atomic E-state index is 13.3. The second-order valence-corrected chi connectivity index (χ2v) is 9.14. The minimum absolute atomic E-state index is 0.121. The van der Waals surface area contributed by atoms with Crippen molar-refractivity contribution in [3.63, 3.8) is 0 Å². The van der Waals surface area contributed by atoms with Gasteiger partial charge in [-0.1, -0.05) is 12.1 Å². The number of hydrogen-bond acceptors (Lipinski definition) is 7. The molecule has 0 fully saturated rings. The van der Waals surface area contributed by atoms with E-state index >= 15 is 0 Å². The first-order valence-electron chi connectivity index (χ1n) is 9.31. The van der Waals surface area contributed by atoms with E-state index in [-0.39, 0.29) is 5.56 Å². The predicted molar refractivity (Wildman–Crippen MR) is 118 cm³/mol. The number of aromatic amines is 1. The van der Waals surface area contributed by atoms with Crippen molar-refractivity contribution < 1.29 is 0 Å². The standard InChI is InChI=1S/C20H15N7OS2/c1-26-17-14(18-19(26)24-16(30-18)5-12-6-21-10-29-12)8-23-27(20(17)28)9-11-3-2-4-15-13(11)7-22-25-15/h2-4,6-8,10H,5,9H2,1H3,(H,22,25). The average Bonchev–Trinajstić information content (AvgIpc) is 3.52. The van der Waals surface area contributed by atoms with Crippen LogP contribution < -0.4 is 5.56 Å². The molecule has 30 heavy (non-hydrogen) atoms. The Labute approximate surface area is 177 Å². The maximum absolute atomic E-state index is 13.3. The predicted octanol–water partition coefficient (Wildman–Crippen LogP) is 3.32. The summed E-state index contributed by atoms with van der Waals surface area (Å²) in [7, 11) is 1.89. The van der Waals surface area contributed by atoms with Gasteiger partial charge in [0.05, 0.1) is 34.7 Å². The minimum Gasteiger partial charge on any atom is -0.323 e. The van der Waals surface area contributed by atoms with Crippen LogP contribution in [0.1, 0.15) is 15.4 Å². The molecule has 0 radical (unpaired) electrons. The summed E-state index contributed by atoms with van der Waals surface area (Å²) < 4.78 is 4.39. The highest BCUT2D eigenvalue weighted by Gasteiger charge is 2.19. The lowest BCUT2D eigenvalue weighted by Gasteiger charge is -2.07. The molecule has 1 N–H and O–H groups in total. The van der Waals surface area contributed by atoms with Crippen LogP contribution in [0, 0.1) is 0 Å². The van der Waals surface area contributed by atoms with Crippen molar-refractivity contribution in [1.82, 2.24) is 34.5 Å².